The Morgan fingerprint density at radius 3 is 2.19 bits per heavy atom. The van der Waals surface area contributed by atoms with Crippen molar-refractivity contribution in [1.82, 2.24) is 14.3 Å². The zero-order chi connectivity index (χ0) is 38.8. The molecule has 9 rings (SSSR count). The number of fused-ring (bicyclic) bond motifs is 6. The summed E-state index contributed by atoms with van der Waals surface area (Å²) in [5, 5.41) is 9.31. The second-order valence-electron chi connectivity index (χ2n) is 14.1. The highest BCUT2D eigenvalue weighted by Crippen LogP contribution is 2.51. The van der Waals surface area contributed by atoms with Crippen LogP contribution in [0.25, 0.3) is 32.9 Å². The van der Waals surface area contributed by atoms with Crippen LogP contribution in [0.15, 0.2) is 193 Å². The number of H-pyrrole nitrogens is 1. The quantitative estimate of drug-likeness (QED) is 0.0340. The second-order valence-corrected chi connectivity index (χ2v) is 16.3. The number of allylic oxidation sites excluding steroid dienone is 4. The Bertz CT molecular complexity index is 2820. The number of benzene rings is 6. The Morgan fingerprint density at radius 2 is 1.40 bits per heavy atom. The van der Waals surface area contributed by atoms with Gasteiger partial charge in [-0.15, -0.1) is 4.59 Å². The standard InChI is InChI=1S/C49H43IN7/c1-4-5-17-36(2)55(40-20-10-7-11-21-40)52-35-38-27-29-46-43(33-38)41-22-12-14-24-45(41)56(46)53-57(3)47-25-15-13-23-42(47)44-32-37(28-30-48(44)57)34-50-54(49-26-16-31-51-49)39-18-8-6-9-19-39/h4-35,51,53H,1-3H3/q+1/b5-4-,36-17+,52-35+. The molecule has 0 bridgehead atoms. The number of aromatic nitrogens is 2. The fraction of sp³-hybridized carbons (Fsp3) is 0.0612. The molecule has 1 aliphatic rings. The van der Waals surface area contributed by atoms with Gasteiger partial charge in [0.05, 0.1) is 39.7 Å². The van der Waals surface area contributed by atoms with Crippen LogP contribution in [-0.2, 0) is 0 Å². The molecule has 1 atom stereocenters. The number of nitrogens with one attached hydrogen (secondary N) is 2. The zero-order valence-corrected chi connectivity index (χ0v) is 34.2. The largest absolute Gasteiger partial charge is 0.347 e. The number of anilines is 3. The normalized spacial score (nSPS) is 15.4. The van der Waals surface area contributed by atoms with E-state index in [0.29, 0.717) is 4.59 Å². The van der Waals surface area contributed by atoms with Crippen LogP contribution in [0.5, 0.6) is 0 Å². The molecule has 1 unspecified atom stereocenters. The molecule has 0 saturated heterocycles. The van der Waals surface area contributed by atoms with Crippen LogP contribution >= 0.6 is 21.0 Å². The molecule has 8 aromatic rings. The van der Waals surface area contributed by atoms with Gasteiger partial charge in [-0.25, -0.2) is 9.69 Å². The molecule has 8 heteroatoms. The van der Waals surface area contributed by atoms with E-state index in [1.165, 1.54) is 39.1 Å². The molecular weight excluding hydrogens is 813 g/mol. The minimum atomic E-state index is -0.519. The summed E-state index contributed by atoms with van der Waals surface area (Å²) in [7, 11) is 2.26. The average Bonchev–Trinajstić information content (AvgIpc) is 3.96. The summed E-state index contributed by atoms with van der Waals surface area (Å²) in [6.45, 7) is 4.10. The molecule has 0 fully saturated rings. The van der Waals surface area contributed by atoms with Gasteiger partial charge < -0.3 is 4.98 Å². The molecule has 0 spiro atoms. The Labute approximate surface area is 343 Å². The van der Waals surface area contributed by atoms with Crippen molar-refractivity contribution in [2.45, 2.75) is 13.8 Å². The van der Waals surface area contributed by atoms with E-state index in [9.17, 15) is 0 Å². The van der Waals surface area contributed by atoms with Crippen LogP contribution in [0.3, 0.4) is 0 Å². The van der Waals surface area contributed by atoms with Crippen LogP contribution in [0.1, 0.15) is 25.0 Å². The molecule has 0 saturated carbocycles. The highest BCUT2D eigenvalue weighted by molar-refractivity contribution is 14.2. The van der Waals surface area contributed by atoms with E-state index >= 15 is 0 Å². The molecule has 57 heavy (non-hydrogen) atoms. The van der Waals surface area contributed by atoms with Crippen molar-refractivity contribution in [3.05, 3.63) is 199 Å². The molecule has 0 aliphatic carbocycles. The maximum atomic E-state index is 4.99. The van der Waals surface area contributed by atoms with Crippen LogP contribution in [0, 0.1) is 0 Å². The van der Waals surface area contributed by atoms with E-state index in [-0.39, 0.29) is 0 Å². The predicted octanol–water partition coefficient (Wildman–Crippen LogP) is 12.7. The number of rotatable bonds is 11. The van der Waals surface area contributed by atoms with Crippen molar-refractivity contribution in [2.75, 3.05) is 20.7 Å². The van der Waals surface area contributed by atoms with Gasteiger partial charge >= 0.3 is 0 Å². The van der Waals surface area contributed by atoms with Gasteiger partial charge in [0, 0.05) is 55.8 Å². The first-order chi connectivity index (χ1) is 28.0. The predicted molar refractivity (Wildman–Crippen MR) is 252 cm³/mol. The third-order valence-electron chi connectivity index (χ3n) is 10.4. The second kappa shape index (κ2) is 15.6. The lowest BCUT2D eigenvalue weighted by molar-refractivity contribution is 0.491. The monoisotopic (exact) mass is 856 g/mol. The van der Waals surface area contributed by atoms with Gasteiger partial charge in [0.2, 0.25) is 0 Å². The van der Waals surface area contributed by atoms with Crippen LogP contribution in [0.2, 0.25) is 0 Å². The Morgan fingerprint density at radius 1 is 0.702 bits per heavy atom. The van der Waals surface area contributed by atoms with Crippen molar-refractivity contribution >= 4 is 81.6 Å². The number of hydrazone groups is 1. The average molecular weight is 857 g/mol. The minimum absolute atomic E-state index is 0.417. The summed E-state index contributed by atoms with van der Waals surface area (Å²) < 4.78 is 7.50. The Balaban J connectivity index is 1.08. The maximum absolute atomic E-state index is 4.99. The molecule has 0 amide bonds. The highest BCUT2D eigenvalue weighted by Gasteiger charge is 2.42. The summed E-state index contributed by atoms with van der Waals surface area (Å²) >= 11 is -0.519. The van der Waals surface area contributed by atoms with Gasteiger partial charge in [0.1, 0.15) is 12.9 Å². The van der Waals surface area contributed by atoms with E-state index in [1.807, 2.05) is 54.7 Å². The Hall–Kier alpha value is -6.49. The van der Waals surface area contributed by atoms with E-state index < -0.39 is 21.0 Å². The molecule has 2 aromatic heterocycles. The fourth-order valence-electron chi connectivity index (χ4n) is 7.65. The summed E-state index contributed by atoms with van der Waals surface area (Å²) in [4.78, 5) is 3.42. The lowest BCUT2D eigenvalue weighted by Crippen LogP contribution is -2.48. The SMILES string of the molecule is C/C=C\C=C(/C)N(/N=C/c1ccc2c(c1)c1ccccc1n2N[N+]1(C)c2ccccc2-c2cc(C=IN(c3ccccc3)c3ccc[nH]3)ccc21)c1ccccc1. The minimum Gasteiger partial charge on any atom is -0.347 e. The van der Waals surface area contributed by atoms with E-state index in [0.717, 1.165) is 39.2 Å². The topological polar surface area (TPSA) is 51.6 Å². The van der Waals surface area contributed by atoms with Crippen molar-refractivity contribution in [3.63, 3.8) is 0 Å². The van der Waals surface area contributed by atoms with E-state index in [2.05, 4.69) is 182 Å². The van der Waals surface area contributed by atoms with Gasteiger partial charge in [0.15, 0.2) is 11.4 Å². The van der Waals surface area contributed by atoms with Gasteiger partial charge in [-0.1, -0.05) is 84.9 Å². The number of nitrogens with zero attached hydrogens (tertiary/aromatic N) is 5. The van der Waals surface area contributed by atoms with Crippen LogP contribution in [0.4, 0.5) is 28.6 Å². The van der Waals surface area contributed by atoms with Gasteiger partial charge in [-0.05, 0) is 108 Å². The fourth-order valence-corrected chi connectivity index (χ4v) is 9.88. The van der Waals surface area contributed by atoms with Gasteiger partial charge in [0.25, 0.3) is 0 Å². The first-order valence-electron chi connectivity index (χ1n) is 19.1. The molecule has 7 nitrogen and oxygen atoms in total. The summed E-state index contributed by atoms with van der Waals surface area (Å²) in [6, 6.07) is 56.0. The van der Waals surface area contributed by atoms with Crippen molar-refractivity contribution in [3.8, 4) is 11.1 Å². The zero-order valence-electron chi connectivity index (χ0n) is 32.1. The number of quaternary nitrogens is 1. The maximum Gasteiger partial charge on any atom is 0.171 e. The molecule has 1 aliphatic heterocycles. The third kappa shape index (κ3) is 6.87. The summed E-state index contributed by atoms with van der Waals surface area (Å²) in [5.41, 5.74) is 16.6. The molecule has 3 heterocycles. The van der Waals surface area contributed by atoms with Gasteiger partial charge in [-0.2, -0.15) is 10.6 Å². The number of hydrogen-bond acceptors (Lipinski definition) is 4. The number of hydrogen-bond donors (Lipinski definition) is 2. The van der Waals surface area contributed by atoms with Crippen LogP contribution < -0.4 is 18.2 Å². The lowest BCUT2D eigenvalue weighted by atomic mass is 10.0. The van der Waals surface area contributed by atoms with Crippen LogP contribution in [-0.4, -0.2) is 26.9 Å². The van der Waals surface area contributed by atoms with Crippen molar-refractivity contribution in [1.29, 1.82) is 0 Å². The van der Waals surface area contributed by atoms with E-state index in [1.54, 1.807) is 0 Å². The highest BCUT2D eigenvalue weighted by atomic mass is 127. The molecule has 0 radical (unpaired) electrons. The smallest absolute Gasteiger partial charge is 0.171 e. The number of para-hydroxylation sites is 4. The molecule has 280 valence electrons. The Kier molecular flexibility index (Phi) is 9.88. The summed E-state index contributed by atoms with van der Waals surface area (Å²) in [5.74, 6) is 1.11. The molecule has 6 aromatic carbocycles. The first-order valence-corrected chi connectivity index (χ1v) is 21.3. The first kappa shape index (κ1) is 36.2. The third-order valence-corrected chi connectivity index (χ3v) is 13.0. The van der Waals surface area contributed by atoms with Gasteiger partial charge in [-0.3, -0.25) is 3.11 Å². The number of halogens is 1. The van der Waals surface area contributed by atoms with E-state index in [4.69, 9.17) is 5.10 Å². The van der Waals surface area contributed by atoms with Crippen molar-refractivity contribution in [2.24, 2.45) is 5.10 Å². The van der Waals surface area contributed by atoms with Crippen molar-refractivity contribution < 1.29 is 0 Å². The molecular formula is C49H43IN7+. The molecule has 2 N–H and O–H groups in total. The summed E-state index contributed by atoms with van der Waals surface area (Å²) in [6.07, 6.45) is 10.1. The lowest BCUT2D eigenvalue weighted by Gasteiger charge is -2.31. The number of aromatic amines is 1.